The summed E-state index contributed by atoms with van der Waals surface area (Å²) in [7, 11) is 0. The van der Waals surface area contributed by atoms with Crippen LogP contribution in [0.25, 0.3) is 16.3 Å². The average molecular weight is 466 g/mol. The highest BCUT2D eigenvalue weighted by Gasteiger charge is 2.16. The van der Waals surface area contributed by atoms with Gasteiger partial charge in [0.1, 0.15) is 0 Å². The van der Waals surface area contributed by atoms with E-state index in [2.05, 4.69) is 15.6 Å². The van der Waals surface area contributed by atoms with Crippen LogP contribution in [0.4, 0.5) is 5.69 Å². The third-order valence-corrected chi connectivity index (χ3v) is 5.52. The fourth-order valence-electron chi connectivity index (χ4n) is 3.64. The standard InChI is InChI=1S/C28H23N3O4/c1-18(21-7-6-20-4-2-3-5-22(20)15-21)14-26(32)31-25-16-23(8-9-24(25)28(34)35)27(33)30-17-19-10-12-29-13-11-19/h2-16H,17H2,1H3,(H,30,33)(H,31,32)(H,34,35)/b18-14-. The zero-order valence-corrected chi connectivity index (χ0v) is 19.0. The number of carboxylic acids is 1. The number of carbonyl (C=O) groups excluding carboxylic acids is 2. The van der Waals surface area contributed by atoms with E-state index in [1.54, 1.807) is 24.5 Å². The summed E-state index contributed by atoms with van der Waals surface area (Å²) in [5.41, 5.74) is 2.63. The number of nitrogens with zero attached hydrogens (tertiary/aromatic N) is 1. The van der Waals surface area contributed by atoms with Crippen LogP contribution in [0.5, 0.6) is 0 Å². The maximum absolute atomic E-state index is 12.7. The maximum atomic E-state index is 12.7. The van der Waals surface area contributed by atoms with Crippen LogP contribution in [0.1, 0.15) is 38.8 Å². The number of fused-ring (bicyclic) bond motifs is 1. The van der Waals surface area contributed by atoms with E-state index in [1.807, 2.05) is 49.4 Å². The first kappa shape index (κ1) is 23.4. The third kappa shape index (κ3) is 5.78. The van der Waals surface area contributed by atoms with Gasteiger partial charge in [-0.05, 0) is 70.8 Å². The minimum atomic E-state index is -1.21. The molecule has 35 heavy (non-hydrogen) atoms. The van der Waals surface area contributed by atoms with E-state index in [0.29, 0.717) is 0 Å². The maximum Gasteiger partial charge on any atom is 0.337 e. The van der Waals surface area contributed by atoms with Crippen molar-refractivity contribution in [3.63, 3.8) is 0 Å². The molecule has 4 rings (SSSR count). The highest BCUT2D eigenvalue weighted by Crippen LogP contribution is 2.22. The van der Waals surface area contributed by atoms with Crippen LogP contribution in [0.2, 0.25) is 0 Å². The number of aromatic nitrogens is 1. The lowest BCUT2D eigenvalue weighted by atomic mass is 10.0. The number of amides is 2. The molecule has 0 radical (unpaired) electrons. The summed E-state index contributed by atoms with van der Waals surface area (Å²) in [5, 5.41) is 17.1. The number of carbonyl (C=O) groups is 3. The van der Waals surface area contributed by atoms with Crippen LogP contribution in [-0.4, -0.2) is 27.9 Å². The molecule has 2 amide bonds. The van der Waals surface area contributed by atoms with Crippen molar-refractivity contribution in [3.8, 4) is 0 Å². The molecule has 0 saturated carbocycles. The van der Waals surface area contributed by atoms with Gasteiger partial charge in [0.25, 0.3) is 5.91 Å². The van der Waals surface area contributed by atoms with Gasteiger partial charge >= 0.3 is 5.97 Å². The minimum absolute atomic E-state index is 0.0432. The van der Waals surface area contributed by atoms with Crippen molar-refractivity contribution < 1.29 is 19.5 Å². The van der Waals surface area contributed by atoms with Gasteiger partial charge in [-0.15, -0.1) is 0 Å². The second kappa shape index (κ2) is 10.4. The molecule has 1 aromatic heterocycles. The molecule has 4 aromatic rings. The predicted octanol–water partition coefficient (Wildman–Crippen LogP) is 4.91. The Bertz CT molecular complexity index is 1450. The molecule has 3 N–H and O–H groups in total. The van der Waals surface area contributed by atoms with Crippen molar-refractivity contribution in [1.29, 1.82) is 0 Å². The van der Waals surface area contributed by atoms with Crippen molar-refractivity contribution in [2.45, 2.75) is 13.5 Å². The molecule has 174 valence electrons. The molecule has 0 atom stereocenters. The molecule has 0 aliphatic carbocycles. The van der Waals surface area contributed by atoms with E-state index in [4.69, 9.17) is 0 Å². The summed E-state index contributed by atoms with van der Waals surface area (Å²) in [5.74, 6) is -2.09. The minimum Gasteiger partial charge on any atom is -0.478 e. The van der Waals surface area contributed by atoms with Crippen molar-refractivity contribution in [2.75, 3.05) is 5.32 Å². The molecule has 7 nitrogen and oxygen atoms in total. The highest BCUT2D eigenvalue weighted by molar-refractivity contribution is 6.08. The Labute approximate surface area is 202 Å². The summed E-state index contributed by atoms with van der Waals surface area (Å²) >= 11 is 0. The van der Waals surface area contributed by atoms with E-state index < -0.39 is 17.8 Å². The van der Waals surface area contributed by atoms with E-state index >= 15 is 0 Å². The van der Waals surface area contributed by atoms with Gasteiger partial charge in [0.15, 0.2) is 0 Å². The Balaban J connectivity index is 1.52. The Hall–Kier alpha value is -4.78. The van der Waals surface area contributed by atoms with Crippen molar-refractivity contribution in [3.05, 3.63) is 114 Å². The van der Waals surface area contributed by atoms with Gasteiger partial charge in [-0.3, -0.25) is 14.6 Å². The molecule has 0 fully saturated rings. The van der Waals surface area contributed by atoms with E-state index in [9.17, 15) is 19.5 Å². The Morgan fingerprint density at radius 1 is 0.886 bits per heavy atom. The van der Waals surface area contributed by atoms with E-state index in [-0.39, 0.29) is 23.4 Å². The lowest BCUT2D eigenvalue weighted by Crippen LogP contribution is -2.23. The number of pyridine rings is 1. The van der Waals surface area contributed by atoms with Gasteiger partial charge in [0.05, 0.1) is 11.3 Å². The van der Waals surface area contributed by atoms with Crippen LogP contribution in [0, 0.1) is 0 Å². The monoisotopic (exact) mass is 465 g/mol. The average Bonchev–Trinajstić information content (AvgIpc) is 2.87. The van der Waals surface area contributed by atoms with Crippen molar-refractivity contribution >= 4 is 39.8 Å². The van der Waals surface area contributed by atoms with Gasteiger partial charge in [0, 0.05) is 30.6 Å². The number of nitrogens with one attached hydrogen (secondary N) is 2. The van der Waals surface area contributed by atoms with Crippen LogP contribution in [0.15, 0.2) is 91.3 Å². The first-order valence-corrected chi connectivity index (χ1v) is 10.9. The van der Waals surface area contributed by atoms with Gasteiger partial charge in [0.2, 0.25) is 5.91 Å². The Morgan fingerprint density at radius 3 is 2.34 bits per heavy atom. The summed E-state index contributed by atoms with van der Waals surface area (Å²) in [6.07, 6.45) is 4.67. The molecule has 0 saturated heterocycles. The number of carboxylic acid groups (broad SMARTS) is 1. The van der Waals surface area contributed by atoms with Crippen molar-refractivity contribution in [2.24, 2.45) is 0 Å². The van der Waals surface area contributed by atoms with Crippen LogP contribution in [0.3, 0.4) is 0 Å². The lowest BCUT2D eigenvalue weighted by Gasteiger charge is -2.11. The Kier molecular flexibility index (Phi) is 6.97. The molecule has 0 unspecified atom stereocenters. The molecule has 0 bridgehead atoms. The number of rotatable bonds is 7. The number of anilines is 1. The fraction of sp³-hybridized carbons (Fsp3) is 0.0714. The topological polar surface area (TPSA) is 108 Å². The summed E-state index contributed by atoms with van der Waals surface area (Å²) in [6, 6.07) is 21.5. The third-order valence-electron chi connectivity index (χ3n) is 5.52. The zero-order valence-electron chi connectivity index (χ0n) is 19.0. The van der Waals surface area contributed by atoms with Gasteiger partial charge in [-0.1, -0.05) is 36.4 Å². The second-order valence-corrected chi connectivity index (χ2v) is 7.98. The molecule has 7 heteroatoms. The lowest BCUT2D eigenvalue weighted by molar-refractivity contribution is -0.111. The molecule has 3 aromatic carbocycles. The number of aromatic carboxylic acids is 1. The highest BCUT2D eigenvalue weighted by atomic mass is 16.4. The summed E-state index contributed by atoms with van der Waals surface area (Å²) in [6.45, 7) is 2.10. The van der Waals surface area contributed by atoms with Crippen LogP contribution >= 0.6 is 0 Å². The molecule has 0 aliphatic rings. The largest absolute Gasteiger partial charge is 0.478 e. The summed E-state index contributed by atoms with van der Waals surface area (Å²) < 4.78 is 0. The zero-order chi connectivity index (χ0) is 24.8. The van der Waals surface area contributed by atoms with Crippen LogP contribution < -0.4 is 10.6 Å². The first-order chi connectivity index (χ1) is 16.9. The van der Waals surface area contributed by atoms with Crippen LogP contribution in [-0.2, 0) is 11.3 Å². The second-order valence-electron chi connectivity index (χ2n) is 7.98. The first-order valence-electron chi connectivity index (χ1n) is 10.9. The van der Waals surface area contributed by atoms with Crippen molar-refractivity contribution in [1.82, 2.24) is 10.3 Å². The van der Waals surface area contributed by atoms with E-state index in [1.165, 1.54) is 24.3 Å². The quantitative estimate of drug-likeness (QED) is 0.336. The fourth-order valence-corrected chi connectivity index (χ4v) is 3.64. The Morgan fingerprint density at radius 2 is 1.60 bits per heavy atom. The van der Waals surface area contributed by atoms with Gasteiger partial charge in [-0.2, -0.15) is 0 Å². The number of benzene rings is 3. The normalized spacial score (nSPS) is 11.2. The molecule has 0 aliphatic heterocycles. The molecule has 0 spiro atoms. The van der Waals surface area contributed by atoms with E-state index in [0.717, 1.165) is 27.5 Å². The SMILES string of the molecule is C/C(=C/C(=O)Nc1cc(C(=O)NCc2ccncc2)ccc1C(=O)O)c1ccc2ccccc2c1. The molecular formula is C28H23N3O4. The molecule has 1 heterocycles. The van der Waals surface area contributed by atoms with Gasteiger partial charge < -0.3 is 15.7 Å². The smallest absolute Gasteiger partial charge is 0.337 e. The molecular weight excluding hydrogens is 442 g/mol. The summed E-state index contributed by atoms with van der Waals surface area (Å²) in [4.78, 5) is 41.0. The predicted molar refractivity (Wildman–Crippen MR) is 135 cm³/mol. The number of hydrogen-bond acceptors (Lipinski definition) is 4. The number of hydrogen-bond donors (Lipinski definition) is 3. The van der Waals surface area contributed by atoms with Gasteiger partial charge in [-0.25, -0.2) is 4.79 Å². The number of allylic oxidation sites excluding steroid dienone is 1.